The topological polar surface area (TPSA) is 71.4 Å². The minimum atomic E-state index is -3.47. The molecule has 1 N–H and O–H groups in total. The van der Waals surface area contributed by atoms with Crippen molar-refractivity contribution in [2.75, 3.05) is 13.1 Å². The second-order valence-corrected chi connectivity index (χ2v) is 10.6. The minimum absolute atomic E-state index is 0.0481. The van der Waals surface area contributed by atoms with Crippen LogP contribution in [-0.2, 0) is 27.8 Å². The van der Waals surface area contributed by atoms with Crippen molar-refractivity contribution >= 4 is 26.8 Å². The van der Waals surface area contributed by atoms with E-state index in [1.807, 2.05) is 42.0 Å². The number of nitrogens with one attached hydrogen (secondary N) is 1. The molecule has 1 aromatic heterocycles. The van der Waals surface area contributed by atoms with E-state index in [0.29, 0.717) is 18.0 Å². The van der Waals surface area contributed by atoms with Crippen molar-refractivity contribution < 1.29 is 13.2 Å². The van der Waals surface area contributed by atoms with Crippen LogP contribution in [0.15, 0.2) is 65.7 Å². The van der Waals surface area contributed by atoms with Crippen LogP contribution in [0.25, 0.3) is 10.9 Å². The molecule has 2 heterocycles. The maximum absolute atomic E-state index is 13.0. The molecule has 170 valence electrons. The summed E-state index contributed by atoms with van der Waals surface area (Å²) in [6, 6.07) is 17.4. The summed E-state index contributed by atoms with van der Waals surface area (Å²) in [5.41, 5.74) is 2.12. The van der Waals surface area contributed by atoms with Crippen LogP contribution >= 0.6 is 0 Å². The summed E-state index contributed by atoms with van der Waals surface area (Å²) in [4.78, 5) is 12.9. The molecular formula is C25H31N3O3S. The zero-order chi connectivity index (χ0) is 22.6. The first-order valence-electron chi connectivity index (χ1n) is 11.4. The van der Waals surface area contributed by atoms with Crippen LogP contribution in [0.2, 0.25) is 0 Å². The largest absolute Gasteiger partial charge is 0.352 e. The van der Waals surface area contributed by atoms with Gasteiger partial charge >= 0.3 is 0 Å². The predicted molar refractivity (Wildman–Crippen MR) is 127 cm³/mol. The van der Waals surface area contributed by atoms with Crippen molar-refractivity contribution in [3.63, 3.8) is 0 Å². The lowest BCUT2D eigenvalue weighted by Crippen LogP contribution is -2.35. The third kappa shape index (κ3) is 5.22. The molecule has 0 bridgehead atoms. The van der Waals surface area contributed by atoms with E-state index in [1.165, 1.54) is 5.56 Å². The number of carbonyl (C=O) groups is 1. The number of nitrogens with zero attached hydrogens (tertiary/aromatic N) is 2. The van der Waals surface area contributed by atoms with E-state index >= 15 is 0 Å². The highest BCUT2D eigenvalue weighted by atomic mass is 32.2. The van der Waals surface area contributed by atoms with Gasteiger partial charge in [0.1, 0.15) is 6.54 Å². The van der Waals surface area contributed by atoms with E-state index in [4.69, 9.17) is 0 Å². The van der Waals surface area contributed by atoms with Crippen molar-refractivity contribution in [3.05, 3.63) is 66.4 Å². The van der Waals surface area contributed by atoms with Gasteiger partial charge < -0.3 is 9.88 Å². The lowest BCUT2D eigenvalue weighted by Gasteiger charge is -2.25. The smallest absolute Gasteiger partial charge is 0.243 e. The SMILES string of the molecule is CC(CCc1ccccc1)NC(=O)Cn1ccc2cc(S(=O)(=O)N3CCCCC3)ccc21. The second-order valence-electron chi connectivity index (χ2n) is 8.62. The molecule has 6 nitrogen and oxygen atoms in total. The molecule has 0 radical (unpaired) electrons. The zero-order valence-corrected chi connectivity index (χ0v) is 19.4. The molecular weight excluding hydrogens is 422 g/mol. The summed E-state index contributed by atoms with van der Waals surface area (Å²) in [6.45, 7) is 3.40. The van der Waals surface area contributed by atoms with Gasteiger partial charge in [-0.05, 0) is 62.4 Å². The van der Waals surface area contributed by atoms with E-state index in [2.05, 4.69) is 17.4 Å². The fraction of sp³-hybridized carbons (Fsp3) is 0.400. The Balaban J connectivity index is 1.39. The zero-order valence-electron chi connectivity index (χ0n) is 18.5. The average molecular weight is 454 g/mol. The highest BCUT2D eigenvalue weighted by Gasteiger charge is 2.26. The lowest BCUT2D eigenvalue weighted by atomic mass is 10.1. The number of hydrogen-bond donors (Lipinski definition) is 1. The molecule has 3 aromatic rings. The minimum Gasteiger partial charge on any atom is -0.352 e. The molecule has 2 aromatic carbocycles. The number of benzene rings is 2. The molecule has 7 heteroatoms. The standard InChI is InChI=1S/C25H31N3O3S/c1-20(10-11-21-8-4-2-5-9-21)26-25(29)19-27-17-14-22-18-23(12-13-24(22)27)32(30,31)28-15-6-3-7-16-28/h2,4-5,8-9,12-14,17-18,20H,3,6-7,10-11,15-16,19H2,1H3,(H,26,29). The Kier molecular flexibility index (Phi) is 6.96. The molecule has 0 aliphatic carbocycles. The number of aromatic nitrogens is 1. The summed E-state index contributed by atoms with van der Waals surface area (Å²) in [5, 5.41) is 3.90. The van der Waals surface area contributed by atoms with Gasteiger partial charge in [0.05, 0.1) is 4.90 Å². The molecule has 0 saturated carbocycles. The van der Waals surface area contributed by atoms with Crippen LogP contribution in [-0.4, -0.2) is 42.3 Å². The van der Waals surface area contributed by atoms with E-state index < -0.39 is 10.0 Å². The van der Waals surface area contributed by atoms with Crippen LogP contribution in [0, 0.1) is 0 Å². The molecule has 1 fully saturated rings. The van der Waals surface area contributed by atoms with E-state index in [9.17, 15) is 13.2 Å². The molecule has 1 unspecified atom stereocenters. The van der Waals surface area contributed by atoms with Crippen molar-refractivity contribution in [2.24, 2.45) is 0 Å². The summed E-state index contributed by atoms with van der Waals surface area (Å²) in [5.74, 6) is -0.0481. The first-order valence-corrected chi connectivity index (χ1v) is 12.8. The van der Waals surface area contributed by atoms with E-state index in [1.54, 1.807) is 22.5 Å². The Labute approximate surface area is 190 Å². The number of sulfonamides is 1. The van der Waals surface area contributed by atoms with E-state index in [-0.39, 0.29) is 18.5 Å². The van der Waals surface area contributed by atoms with Crippen molar-refractivity contribution in [2.45, 2.75) is 56.5 Å². The number of piperidine rings is 1. The monoisotopic (exact) mass is 453 g/mol. The molecule has 1 amide bonds. The van der Waals surface area contributed by atoms with Gasteiger partial charge in [-0.3, -0.25) is 4.79 Å². The van der Waals surface area contributed by atoms with Crippen molar-refractivity contribution in [1.82, 2.24) is 14.2 Å². The Bertz CT molecular complexity index is 1170. The number of amides is 1. The van der Waals surface area contributed by atoms with Crippen LogP contribution < -0.4 is 5.32 Å². The third-order valence-corrected chi connectivity index (χ3v) is 8.02. The van der Waals surface area contributed by atoms with Gasteiger partial charge in [0.25, 0.3) is 0 Å². The molecule has 1 saturated heterocycles. The molecule has 1 aliphatic heterocycles. The average Bonchev–Trinajstić information content (AvgIpc) is 3.21. The molecule has 1 atom stereocenters. The number of carbonyl (C=O) groups excluding carboxylic acids is 1. The summed E-state index contributed by atoms with van der Waals surface area (Å²) in [6.07, 6.45) is 6.55. The lowest BCUT2D eigenvalue weighted by molar-refractivity contribution is -0.122. The van der Waals surface area contributed by atoms with Gasteiger partial charge in [0.2, 0.25) is 15.9 Å². The molecule has 1 aliphatic rings. The maximum Gasteiger partial charge on any atom is 0.243 e. The summed E-state index contributed by atoms with van der Waals surface area (Å²) in [7, 11) is -3.47. The third-order valence-electron chi connectivity index (χ3n) is 6.13. The number of aryl methyl sites for hydroxylation is 1. The first kappa shape index (κ1) is 22.6. The van der Waals surface area contributed by atoms with Crippen LogP contribution in [0.3, 0.4) is 0 Å². The summed E-state index contributed by atoms with van der Waals surface area (Å²) >= 11 is 0. The number of fused-ring (bicyclic) bond motifs is 1. The quantitative estimate of drug-likeness (QED) is 0.561. The van der Waals surface area contributed by atoms with E-state index in [0.717, 1.165) is 43.0 Å². The fourth-order valence-electron chi connectivity index (χ4n) is 4.31. The Morgan fingerprint density at radius 2 is 1.78 bits per heavy atom. The number of hydrogen-bond acceptors (Lipinski definition) is 3. The predicted octanol–water partition coefficient (Wildman–Crippen LogP) is 3.95. The van der Waals surface area contributed by atoms with Crippen LogP contribution in [0.4, 0.5) is 0 Å². The highest BCUT2D eigenvalue weighted by molar-refractivity contribution is 7.89. The Morgan fingerprint density at radius 3 is 2.53 bits per heavy atom. The fourth-order valence-corrected chi connectivity index (χ4v) is 5.86. The molecule has 0 spiro atoms. The molecule has 4 rings (SSSR count). The van der Waals surface area contributed by atoms with Crippen LogP contribution in [0.5, 0.6) is 0 Å². The Hall–Kier alpha value is -2.64. The first-order chi connectivity index (χ1) is 15.4. The van der Waals surface area contributed by atoms with Gasteiger partial charge in [-0.15, -0.1) is 0 Å². The maximum atomic E-state index is 13.0. The highest BCUT2D eigenvalue weighted by Crippen LogP contribution is 2.25. The summed E-state index contributed by atoms with van der Waals surface area (Å²) < 4.78 is 29.4. The van der Waals surface area contributed by atoms with Crippen LogP contribution in [0.1, 0.15) is 38.2 Å². The second kappa shape index (κ2) is 9.88. The Morgan fingerprint density at radius 1 is 1.03 bits per heavy atom. The molecule has 32 heavy (non-hydrogen) atoms. The van der Waals surface area contributed by atoms with Gasteiger partial charge in [0, 0.05) is 36.2 Å². The van der Waals surface area contributed by atoms with Gasteiger partial charge in [-0.2, -0.15) is 4.31 Å². The van der Waals surface area contributed by atoms with Crippen molar-refractivity contribution in [3.8, 4) is 0 Å². The van der Waals surface area contributed by atoms with Crippen molar-refractivity contribution in [1.29, 1.82) is 0 Å². The van der Waals surface area contributed by atoms with Gasteiger partial charge in [-0.1, -0.05) is 36.8 Å². The normalized spacial score (nSPS) is 16.2. The van der Waals surface area contributed by atoms with Gasteiger partial charge in [-0.25, -0.2) is 8.42 Å². The van der Waals surface area contributed by atoms with Gasteiger partial charge in [0.15, 0.2) is 0 Å². The number of rotatable bonds is 8.